The molecule has 5 heteroatoms. The van der Waals surface area contributed by atoms with Gasteiger partial charge in [0.15, 0.2) is 5.96 Å². The molecule has 1 heterocycles. The van der Waals surface area contributed by atoms with Crippen LogP contribution in [0, 0.1) is 0 Å². The van der Waals surface area contributed by atoms with Gasteiger partial charge in [-0.15, -0.1) is 0 Å². The smallest absolute Gasteiger partial charge is 0.194 e. The SMILES string of the molecule is CN=C(NCc1ccc(OC)cc1)N(C)Cc1cccn1C. The summed E-state index contributed by atoms with van der Waals surface area (Å²) < 4.78 is 7.29. The van der Waals surface area contributed by atoms with Crippen molar-refractivity contribution >= 4 is 5.96 Å². The second-order valence-corrected chi connectivity index (χ2v) is 5.22. The molecule has 2 rings (SSSR count). The van der Waals surface area contributed by atoms with Crippen LogP contribution in [0.25, 0.3) is 0 Å². The second kappa shape index (κ2) is 7.54. The minimum absolute atomic E-state index is 0.730. The molecule has 0 saturated heterocycles. The lowest BCUT2D eigenvalue weighted by Crippen LogP contribution is -2.38. The second-order valence-electron chi connectivity index (χ2n) is 5.22. The van der Waals surface area contributed by atoms with E-state index in [1.54, 1.807) is 14.2 Å². The van der Waals surface area contributed by atoms with Crippen molar-refractivity contribution in [2.24, 2.45) is 12.0 Å². The molecule has 0 radical (unpaired) electrons. The fourth-order valence-electron chi connectivity index (χ4n) is 2.29. The van der Waals surface area contributed by atoms with Gasteiger partial charge in [-0.05, 0) is 29.8 Å². The number of hydrogen-bond acceptors (Lipinski definition) is 2. The van der Waals surface area contributed by atoms with Crippen molar-refractivity contribution in [3.8, 4) is 5.75 Å². The van der Waals surface area contributed by atoms with Gasteiger partial charge >= 0.3 is 0 Å². The lowest BCUT2D eigenvalue weighted by Gasteiger charge is -2.22. The summed E-state index contributed by atoms with van der Waals surface area (Å²) in [6, 6.07) is 12.2. The average Bonchev–Trinajstić information content (AvgIpc) is 2.93. The quantitative estimate of drug-likeness (QED) is 0.680. The molecule has 0 fully saturated rings. The first-order chi connectivity index (χ1) is 10.6. The number of aliphatic imine (C=N–C) groups is 1. The largest absolute Gasteiger partial charge is 0.497 e. The highest BCUT2D eigenvalue weighted by molar-refractivity contribution is 5.79. The molecule has 22 heavy (non-hydrogen) atoms. The van der Waals surface area contributed by atoms with Crippen LogP contribution in [0.5, 0.6) is 5.75 Å². The van der Waals surface area contributed by atoms with Crippen molar-refractivity contribution in [1.82, 2.24) is 14.8 Å². The van der Waals surface area contributed by atoms with E-state index in [0.717, 1.165) is 24.8 Å². The molecule has 0 aliphatic heterocycles. The molecule has 0 bridgehead atoms. The van der Waals surface area contributed by atoms with Crippen LogP contribution in [0.1, 0.15) is 11.3 Å². The monoisotopic (exact) mass is 300 g/mol. The van der Waals surface area contributed by atoms with Gasteiger partial charge in [0.2, 0.25) is 0 Å². The van der Waals surface area contributed by atoms with Crippen molar-refractivity contribution in [3.05, 3.63) is 53.9 Å². The standard InChI is InChI=1S/C17H24N4O/c1-18-17(21(3)13-15-6-5-11-20(15)2)19-12-14-7-9-16(22-4)10-8-14/h5-11H,12-13H2,1-4H3,(H,18,19). The number of ether oxygens (including phenoxy) is 1. The van der Waals surface area contributed by atoms with Crippen LogP contribution in [0.3, 0.4) is 0 Å². The maximum absolute atomic E-state index is 5.17. The average molecular weight is 300 g/mol. The van der Waals surface area contributed by atoms with E-state index in [4.69, 9.17) is 4.74 Å². The lowest BCUT2D eigenvalue weighted by atomic mass is 10.2. The van der Waals surface area contributed by atoms with Crippen molar-refractivity contribution in [2.45, 2.75) is 13.1 Å². The molecule has 1 N–H and O–H groups in total. The van der Waals surface area contributed by atoms with E-state index in [9.17, 15) is 0 Å². The molecule has 0 amide bonds. The number of benzene rings is 1. The Labute approximate surface area is 132 Å². The molecule has 0 saturated carbocycles. The molecule has 1 aromatic carbocycles. The van der Waals surface area contributed by atoms with E-state index in [1.807, 2.05) is 19.2 Å². The maximum Gasteiger partial charge on any atom is 0.194 e. The molecule has 1 aromatic heterocycles. The Hall–Kier alpha value is -2.43. The van der Waals surface area contributed by atoms with Crippen molar-refractivity contribution < 1.29 is 4.74 Å². The predicted octanol–water partition coefficient (Wildman–Crippen LogP) is 2.24. The molecule has 0 aliphatic carbocycles. The third kappa shape index (κ3) is 4.04. The molecular formula is C17H24N4O. The van der Waals surface area contributed by atoms with Crippen LogP contribution in [0.15, 0.2) is 47.6 Å². The molecule has 0 unspecified atom stereocenters. The zero-order chi connectivity index (χ0) is 15.9. The van der Waals surface area contributed by atoms with Gasteiger partial charge < -0.3 is 19.5 Å². The van der Waals surface area contributed by atoms with Crippen LogP contribution in [0.2, 0.25) is 0 Å². The number of methoxy groups -OCH3 is 1. The molecular weight excluding hydrogens is 276 g/mol. The number of aryl methyl sites for hydroxylation is 1. The van der Waals surface area contributed by atoms with Crippen LogP contribution in [-0.2, 0) is 20.1 Å². The van der Waals surface area contributed by atoms with Crippen LogP contribution in [0.4, 0.5) is 0 Å². The normalized spacial score (nSPS) is 11.4. The van der Waals surface area contributed by atoms with Crippen LogP contribution in [-0.4, -0.2) is 36.6 Å². The van der Waals surface area contributed by atoms with Crippen LogP contribution >= 0.6 is 0 Å². The zero-order valence-corrected chi connectivity index (χ0v) is 13.7. The summed E-state index contributed by atoms with van der Waals surface area (Å²) in [4.78, 5) is 6.45. The number of guanidine groups is 1. The molecule has 2 aromatic rings. The summed E-state index contributed by atoms with van der Waals surface area (Å²) in [7, 11) is 7.57. The number of hydrogen-bond donors (Lipinski definition) is 1. The van der Waals surface area contributed by atoms with E-state index in [2.05, 4.69) is 57.3 Å². The van der Waals surface area contributed by atoms with E-state index in [-0.39, 0.29) is 0 Å². The fraction of sp³-hybridized carbons (Fsp3) is 0.353. The molecule has 0 aliphatic rings. The third-order valence-electron chi connectivity index (χ3n) is 3.63. The highest BCUT2D eigenvalue weighted by atomic mass is 16.5. The van der Waals surface area contributed by atoms with Crippen molar-refractivity contribution in [1.29, 1.82) is 0 Å². The Morgan fingerprint density at radius 2 is 2.00 bits per heavy atom. The predicted molar refractivity (Wildman–Crippen MR) is 90.1 cm³/mol. The van der Waals surface area contributed by atoms with Gasteiger partial charge in [0.1, 0.15) is 5.75 Å². The summed E-state index contributed by atoms with van der Waals surface area (Å²) in [6.07, 6.45) is 2.05. The maximum atomic E-state index is 5.17. The Morgan fingerprint density at radius 1 is 1.27 bits per heavy atom. The minimum Gasteiger partial charge on any atom is -0.497 e. The molecule has 5 nitrogen and oxygen atoms in total. The van der Waals surface area contributed by atoms with E-state index in [0.29, 0.717) is 0 Å². The molecule has 0 spiro atoms. The van der Waals surface area contributed by atoms with Gasteiger partial charge in [-0.1, -0.05) is 12.1 Å². The van der Waals surface area contributed by atoms with E-state index < -0.39 is 0 Å². The zero-order valence-electron chi connectivity index (χ0n) is 13.7. The Balaban J connectivity index is 1.92. The first-order valence-electron chi connectivity index (χ1n) is 7.29. The van der Waals surface area contributed by atoms with E-state index in [1.165, 1.54) is 11.3 Å². The van der Waals surface area contributed by atoms with Gasteiger partial charge in [0.05, 0.1) is 13.7 Å². The summed E-state index contributed by atoms with van der Waals surface area (Å²) >= 11 is 0. The Morgan fingerprint density at radius 3 is 2.55 bits per heavy atom. The van der Waals surface area contributed by atoms with Gasteiger partial charge in [-0.25, -0.2) is 0 Å². The van der Waals surface area contributed by atoms with E-state index >= 15 is 0 Å². The van der Waals surface area contributed by atoms with Crippen molar-refractivity contribution in [2.75, 3.05) is 21.2 Å². The molecule has 118 valence electrons. The topological polar surface area (TPSA) is 41.8 Å². The number of nitrogens with zero attached hydrogens (tertiary/aromatic N) is 3. The van der Waals surface area contributed by atoms with Crippen molar-refractivity contribution in [3.63, 3.8) is 0 Å². The fourth-order valence-corrected chi connectivity index (χ4v) is 2.29. The summed E-state index contributed by atoms with van der Waals surface area (Å²) in [6.45, 7) is 1.54. The van der Waals surface area contributed by atoms with Gasteiger partial charge in [-0.2, -0.15) is 0 Å². The Kier molecular flexibility index (Phi) is 5.47. The van der Waals surface area contributed by atoms with Gasteiger partial charge in [0.25, 0.3) is 0 Å². The minimum atomic E-state index is 0.730. The first-order valence-corrected chi connectivity index (χ1v) is 7.29. The highest BCUT2D eigenvalue weighted by Crippen LogP contribution is 2.11. The lowest BCUT2D eigenvalue weighted by molar-refractivity contribution is 0.414. The third-order valence-corrected chi connectivity index (χ3v) is 3.63. The van der Waals surface area contributed by atoms with Crippen LogP contribution < -0.4 is 10.1 Å². The Bertz CT molecular complexity index is 616. The molecule has 0 atom stereocenters. The number of nitrogens with one attached hydrogen (secondary N) is 1. The number of aromatic nitrogens is 1. The highest BCUT2D eigenvalue weighted by Gasteiger charge is 2.08. The summed E-state index contributed by atoms with van der Waals surface area (Å²) in [5.74, 6) is 1.74. The van der Waals surface area contributed by atoms with Gasteiger partial charge in [-0.3, -0.25) is 4.99 Å². The van der Waals surface area contributed by atoms with Gasteiger partial charge in [0, 0.05) is 39.6 Å². The number of rotatable bonds is 5. The summed E-state index contributed by atoms with van der Waals surface area (Å²) in [5.41, 5.74) is 2.43. The summed E-state index contributed by atoms with van der Waals surface area (Å²) in [5, 5.41) is 3.38. The first kappa shape index (κ1) is 15.9.